The van der Waals surface area contributed by atoms with Crippen LogP contribution < -0.4 is 4.74 Å². The first kappa shape index (κ1) is 18.2. The first-order valence-corrected chi connectivity index (χ1v) is 9.54. The topological polar surface area (TPSA) is 60.4 Å². The quantitative estimate of drug-likeness (QED) is 0.773. The van der Waals surface area contributed by atoms with E-state index in [1.54, 1.807) is 19.1 Å². The van der Waals surface area contributed by atoms with Gasteiger partial charge in [0.05, 0.1) is 4.90 Å². The lowest BCUT2D eigenvalue weighted by Gasteiger charge is -2.16. The van der Waals surface area contributed by atoms with Gasteiger partial charge in [0, 0.05) is 11.8 Å². The Balaban J connectivity index is 2.27. The molecular weight excluding hydrogens is 324 g/mol. The fraction of sp³-hybridized carbons (Fsp3) is 0.316. The molecule has 2 rings (SSSR count). The molecule has 0 heterocycles. The van der Waals surface area contributed by atoms with Crippen molar-refractivity contribution >= 4 is 15.6 Å². The number of ether oxygens (including phenoxy) is 1. The normalized spacial score (nSPS) is 11.4. The summed E-state index contributed by atoms with van der Waals surface area (Å²) in [7, 11) is -3.21. The number of aryl methyl sites for hydroxylation is 2. The Labute approximate surface area is 143 Å². The Morgan fingerprint density at radius 1 is 1.04 bits per heavy atom. The van der Waals surface area contributed by atoms with Crippen molar-refractivity contribution in [2.24, 2.45) is 0 Å². The molecule has 0 aliphatic rings. The molecule has 0 atom stereocenters. The van der Waals surface area contributed by atoms with Crippen LogP contribution in [0.15, 0.2) is 35.2 Å². The Kier molecular flexibility index (Phi) is 5.13. The second-order valence-corrected chi connectivity index (χ2v) is 8.09. The van der Waals surface area contributed by atoms with Crippen LogP contribution in [-0.4, -0.2) is 20.5 Å². The number of Topliss-reactive ketones (excluding diaryl/α,β-unsaturated/α-hetero) is 1. The maximum Gasteiger partial charge on any atom is 0.175 e. The minimum Gasteiger partial charge on any atom is -0.489 e. The highest BCUT2D eigenvalue weighted by atomic mass is 32.2. The molecule has 0 unspecified atom stereocenters. The maximum absolute atomic E-state index is 11.9. The molecular formula is C19H22O4S. The summed E-state index contributed by atoms with van der Waals surface area (Å²) in [5, 5.41) is 0. The summed E-state index contributed by atoms with van der Waals surface area (Å²) < 4.78 is 28.7. The van der Waals surface area contributed by atoms with E-state index in [0.29, 0.717) is 12.4 Å². The minimum atomic E-state index is -3.21. The third kappa shape index (κ3) is 3.85. The average Bonchev–Trinajstić information content (AvgIpc) is 2.45. The molecule has 0 aromatic heterocycles. The molecule has 0 fully saturated rings. The highest BCUT2D eigenvalue weighted by Gasteiger charge is 2.15. The SMILES string of the molecule is CC(=O)c1c(C)cc(C)c(COc2ccc(S(C)(=O)=O)cc2)c1C. The summed E-state index contributed by atoms with van der Waals surface area (Å²) in [5.74, 6) is 0.634. The number of ketones is 1. The van der Waals surface area contributed by atoms with Crippen LogP contribution in [0.3, 0.4) is 0 Å². The highest BCUT2D eigenvalue weighted by molar-refractivity contribution is 7.90. The molecule has 24 heavy (non-hydrogen) atoms. The molecule has 0 spiro atoms. The summed E-state index contributed by atoms with van der Waals surface area (Å²) in [6.45, 7) is 7.76. The lowest BCUT2D eigenvalue weighted by molar-refractivity contribution is 0.101. The van der Waals surface area contributed by atoms with Crippen molar-refractivity contribution in [1.29, 1.82) is 0 Å². The number of carbonyl (C=O) groups excluding carboxylic acids is 1. The maximum atomic E-state index is 11.9. The molecule has 0 bridgehead atoms. The van der Waals surface area contributed by atoms with Gasteiger partial charge in [-0.15, -0.1) is 0 Å². The van der Waals surface area contributed by atoms with E-state index in [1.165, 1.54) is 18.4 Å². The Bertz CT molecular complexity index is 879. The van der Waals surface area contributed by atoms with Gasteiger partial charge in [0.2, 0.25) is 0 Å². The fourth-order valence-electron chi connectivity index (χ4n) is 2.93. The highest BCUT2D eigenvalue weighted by Crippen LogP contribution is 2.25. The largest absolute Gasteiger partial charge is 0.489 e. The molecule has 0 aliphatic heterocycles. The lowest BCUT2D eigenvalue weighted by Crippen LogP contribution is -2.08. The molecule has 0 amide bonds. The predicted octanol–water partition coefficient (Wildman–Crippen LogP) is 3.80. The van der Waals surface area contributed by atoms with Crippen LogP contribution in [0, 0.1) is 20.8 Å². The van der Waals surface area contributed by atoms with E-state index in [-0.39, 0.29) is 10.7 Å². The summed E-state index contributed by atoms with van der Waals surface area (Å²) in [6.07, 6.45) is 1.17. The van der Waals surface area contributed by atoms with Crippen molar-refractivity contribution in [3.05, 3.63) is 58.1 Å². The van der Waals surface area contributed by atoms with Crippen LogP contribution >= 0.6 is 0 Å². The summed E-state index contributed by atoms with van der Waals surface area (Å²) >= 11 is 0. The molecule has 5 heteroatoms. The molecule has 2 aromatic carbocycles. The molecule has 0 aliphatic carbocycles. The van der Waals surface area contributed by atoms with E-state index >= 15 is 0 Å². The summed E-state index contributed by atoms with van der Waals surface area (Å²) in [5.41, 5.74) is 4.71. The first-order valence-electron chi connectivity index (χ1n) is 7.64. The van der Waals surface area contributed by atoms with Crippen molar-refractivity contribution in [3.8, 4) is 5.75 Å². The Hall–Kier alpha value is -2.14. The van der Waals surface area contributed by atoms with Gasteiger partial charge in [-0.05, 0) is 74.2 Å². The minimum absolute atomic E-state index is 0.0451. The van der Waals surface area contributed by atoms with Crippen molar-refractivity contribution < 1.29 is 17.9 Å². The monoisotopic (exact) mass is 346 g/mol. The molecule has 2 aromatic rings. The molecule has 4 nitrogen and oxygen atoms in total. The standard InChI is InChI=1S/C19H22O4S/c1-12-10-13(2)19(15(4)20)14(3)18(12)11-23-16-6-8-17(9-7-16)24(5,21)22/h6-10H,11H2,1-5H3. The van der Waals surface area contributed by atoms with Gasteiger partial charge in [0.15, 0.2) is 15.6 Å². The van der Waals surface area contributed by atoms with Crippen molar-refractivity contribution in [3.63, 3.8) is 0 Å². The second kappa shape index (κ2) is 6.77. The number of rotatable bonds is 5. The third-order valence-corrected chi connectivity index (χ3v) is 5.25. The molecule has 128 valence electrons. The van der Waals surface area contributed by atoms with E-state index in [9.17, 15) is 13.2 Å². The number of carbonyl (C=O) groups is 1. The van der Waals surface area contributed by atoms with Crippen LogP contribution in [-0.2, 0) is 16.4 Å². The van der Waals surface area contributed by atoms with Crippen LogP contribution in [0.2, 0.25) is 0 Å². The van der Waals surface area contributed by atoms with Gasteiger partial charge in [-0.2, -0.15) is 0 Å². The van der Waals surface area contributed by atoms with Gasteiger partial charge in [0.1, 0.15) is 12.4 Å². The molecule has 0 saturated heterocycles. The number of benzene rings is 2. The smallest absolute Gasteiger partial charge is 0.175 e. The van der Waals surface area contributed by atoms with Gasteiger partial charge >= 0.3 is 0 Å². The van der Waals surface area contributed by atoms with Crippen LogP contribution in [0.25, 0.3) is 0 Å². The zero-order valence-corrected chi connectivity index (χ0v) is 15.5. The van der Waals surface area contributed by atoms with Crippen molar-refractivity contribution in [2.45, 2.75) is 39.2 Å². The van der Waals surface area contributed by atoms with Crippen molar-refractivity contribution in [1.82, 2.24) is 0 Å². The average molecular weight is 346 g/mol. The predicted molar refractivity (Wildman–Crippen MR) is 94.5 cm³/mol. The van der Waals surface area contributed by atoms with Crippen LogP contribution in [0.5, 0.6) is 5.75 Å². The summed E-state index contributed by atoms with van der Waals surface area (Å²) in [6, 6.07) is 8.33. The van der Waals surface area contributed by atoms with Crippen molar-refractivity contribution in [2.75, 3.05) is 6.26 Å². The zero-order valence-electron chi connectivity index (χ0n) is 14.6. The van der Waals surface area contributed by atoms with Crippen LogP contribution in [0.4, 0.5) is 0 Å². The van der Waals surface area contributed by atoms with E-state index in [1.807, 2.05) is 26.8 Å². The van der Waals surface area contributed by atoms with Gasteiger partial charge in [-0.1, -0.05) is 6.07 Å². The molecule has 0 radical (unpaired) electrons. The van der Waals surface area contributed by atoms with E-state index < -0.39 is 9.84 Å². The molecule has 0 N–H and O–H groups in total. The van der Waals surface area contributed by atoms with Crippen LogP contribution in [0.1, 0.15) is 39.5 Å². The second-order valence-electron chi connectivity index (χ2n) is 6.08. The zero-order chi connectivity index (χ0) is 18.1. The third-order valence-electron chi connectivity index (χ3n) is 4.12. The first-order chi connectivity index (χ1) is 11.1. The number of hydrogen-bond donors (Lipinski definition) is 0. The Morgan fingerprint density at radius 3 is 2.12 bits per heavy atom. The van der Waals surface area contributed by atoms with Gasteiger partial charge < -0.3 is 4.74 Å². The fourth-order valence-corrected chi connectivity index (χ4v) is 3.56. The van der Waals surface area contributed by atoms with E-state index in [2.05, 4.69) is 0 Å². The lowest BCUT2D eigenvalue weighted by atomic mass is 9.92. The van der Waals surface area contributed by atoms with Gasteiger partial charge in [-0.25, -0.2) is 8.42 Å². The van der Waals surface area contributed by atoms with E-state index in [0.717, 1.165) is 27.8 Å². The van der Waals surface area contributed by atoms with E-state index in [4.69, 9.17) is 4.74 Å². The Morgan fingerprint density at radius 2 is 1.62 bits per heavy atom. The number of hydrogen-bond acceptors (Lipinski definition) is 4. The van der Waals surface area contributed by atoms with Gasteiger partial charge in [0.25, 0.3) is 0 Å². The van der Waals surface area contributed by atoms with Gasteiger partial charge in [-0.3, -0.25) is 4.79 Å². The number of sulfone groups is 1. The summed E-state index contributed by atoms with van der Waals surface area (Å²) in [4.78, 5) is 12.1. The molecule has 0 saturated carbocycles.